The highest BCUT2D eigenvalue weighted by Crippen LogP contribution is 2.32. The van der Waals surface area contributed by atoms with Crippen LogP contribution >= 0.6 is 0 Å². The molecule has 1 saturated carbocycles. The number of amides is 1. The fourth-order valence-electron chi connectivity index (χ4n) is 3.20. The molecule has 1 aromatic rings. The molecule has 1 aromatic carbocycles. The van der Waals surface area contributed by atoms with Gasteiger partial charge in [-0.3, -0.25) is 4.79 Å². The van der Waals surface area contributed by atoms with E-state index < -0.39 is 15.8 Å². The number of halogens is 1. The molecule has 2 fully saturated rings. The largest absolute Gasteiger partial charge is 0.381 e. The number of nitrogens with zero attached hydrogens (tertiary/aromatic N) is 1. The third-order valence-corrected chi connectivity index (χ3v) is 6.38. The second-order valence-electron chi connectivity index (χ2n) is 6.96. The smallest absolute Gasteiger partial charge is 0.240 e. The number of ether oxygens (including phenoxy) is 1. The summed E-state index contributed by atoms with van der Waals surface area (Å²) in [6.45, 7) is 3.24. The lowest BCUT2D eigenvalue weighted by Gasteiger charge is -2.34. The lowest BCUT2D eigenvalue weighted by molar-refractivity contribution is -0.136. The molecule has 26 heavy (non-hydrogen) atoms. The SMILES string of the molecule is Cc1cc(S(=O)(=O)NCCN(C(=O)C2CC2)C2CCOCC2)ccc1F. The summed E-state index contributed by atoms with van der Waals surface area (Å²) in [6.07, 6.45) is 3.39. The first-order valence-electron chi connectivity index (χ1n) is 9.02. The molecule has 144 valence electrons. The second kappa shape index (κ2) is 8.02. The average Bonchev–Trinajstić information content (AvgIpc) is 3.46. The molecule has 1 N–H and O–H groups in total. The quantitative estimate of drug-likeness (QED) is 0.778. The highest BCUT2D eigenvalue weighted by atomic mass is 32.2. The fraction of sp³-hybridized carbons (Fsp3) is 0.611. The van der Waals surface area contributed by atoms with E-state index in [0.29, 0.717) is 19.8 Å². The van der Waals surface area contributed by atoms with Crippen LogP contribution in [0.15, 0.2) is 23.1 Å². The van der Waals surface area contributed by atoms with E-state index in [4.69, 9.17) is 4.74 Å². The molecule has 0 atom stereocenters. The highest BCUT2D eigenvalue weighted by molar-refractivity contribution is 7.89. The summed E-state index contributed by atoms with van der Waals surface area (Å²) in [4.78, 5) is 14.4. The van der Waals surface area contributed by atoms with E-state index in [-0.39, 0.29) is 34.9 Å². The number of hydrogen-bond acceptors (Lipinski definition) is 4. The van der Waals surface area contributed by atoms with Crippen molar-refractivity contribution in [1.29, 1.82) is 0 Å². The first-order chi connectivity index (χ1) is 12.4. The molecular formula is C18H25FN2O4S. The van der Waals surface area contributed by atoms with Gasteiger partial charge in [-0.1, -0.05) is 0 Å². The Morgan fingerprint density at radius 1 is 1.27 bits per heavy atom. The Labute approximate surface area is 153 Å². The first-order valence-corrected chi connectivity index (χ1v) is 10.5. The van der Waals surface area contributed by atoms with Gasteiger partial charge in [0.15, 0.2) is 0 Å². The summed E-state index contributed by atoms with van der Waals surface area (Å²) in [5, 5.41) is 0. The maximum atomic E-state index is 13.4. The highest BCUT2D eigenvalue weighted by Gasteiger charge is 2.36. The number of nitrogens with one attached hydrogen (secondary N) is 1. The van der Waals surface area contributed by atoms with Gasteiger partial charge in [-0.25, -0.2) is 17.5 Å². The van der Waals surface area contributed by atoms with E-state index in [0.717, 1.165) is 31.7 Å². The number of aryl methyl sites for hydroxylation is 1. The molecule has 8 heteroatoms. The summed E-state index contributed by atoms with van der Waals surface area (Å²) >= 11 is 0. The minimum Gasteiger partial charge on any atom is -0.381 e. The summed E-state index contributed by atoms with van der Waals surface area (Å²) in [5.74, 6) is -0.229. The van der Waals surface area contributed by atoms with E-state index in [2.05, 4.69) is 4.72 Å². The number of carbonyl (C=O) groups excluding carboxylic acids is 1. The van der Waals surface area contributed by atoms with Gasteiger partial charge in [0.05, 0.1) is 4.90 Å². The van der Waals surface area contributed by atoms with E-state index in [9.17, 15) is 17.6 Å². The zero-order valence-electron chi connectivity index (χ0n) is 14.9. The van der Waals surface area contributed by atoms with Crippen molar-refractivity contribution in [2.45, 2.75) is 43.5 Å². The molecule has 1 heterocycles. The van der Waals surface area contributed by atoms with Crippen molar-refractivity contribution >= 4 is 15.9 Å². The van der Waals surface area contributed by atoms with Crippen molar-refractivity contribution in [3.8, 4) is 0 Å². The number of hydrogen-bond donors (Lipinski definition) is 1. The maximum absolute atomic E-state index is 13.4. The van der Waals surface area contributed by atoms with Gasteiger partial charge < -0.3 is 9.64 Å². The first kappa shape index (κ1) is 19.3. The van der Waals surface area contributed by atoms with Gasteiger partial charge in [0.1, 0.15) is 5.82 Å². The molecule has 2 aliphatic rings. The molecule has 1 aliphatic heterocycles. The zero-order valence-corrected chi connectivity index (χ0v) is 15.7. The number of sulfonamides is 1. The maximum Gasteiger partial charge on any atom is 0.240 e. The van der Waals surface area contributed by atoms with Crippen molar-refractivity contribution in [3.05, 3.63) is 29.6 Å². The van der Waals surface area contributed by atoms with Crippen molar-refractivity contribution < 1.29 is 22.3 Å². The molecule has 0 radical (unpaired) electrons. The van der Waals surface area contributed by atoms with Crippen LogP contribution in [0.25, 0.3) is 0 Å². The molecule has 1 aliphatic carbocycles. The van der Waals surface area contributed by atoms with Gasteiger partial charge in [0.2, 0.25) is 15.9 Å². The van der Waals surface area contributed by atoms with E-state index >= 15 is 0 Å². The predicted molar refractivity (Wildman–Crippen MR) is 94.6 cm³/mol. The van der Waals surface area contributed by atoms with Crippen molar-refractivity contribution in [3.63, 3.8) is 0 Å². The van der Waals surface area contributed by atoms with E-state index in [1.165, 1.54) is 19.1 Å². The van der Waals surface area contributed by atoms with Crippen molar-refractivity contribution in [1.82, 2.24) is 9.62 Å². The number of benzene rings is 1. The fourth-order valence-corrected chi connectivity index (χ4v) is 4.31. The summed E-state index contributed by atoms with van der Waals surface area (Å²) in [7, 11) is -3.74. The van der Waals surface area contributed by atoms with Gasteiger partial charge in [-0.2, -0.15) is 0 Å². The predicted octanol–water partition coefficient (Wildman–Crippen LogP) is 1.83. The van der Waals surface area contributed by atoms with Crippen LogP contribution in [0.4, 0.5) is 4.39 Å². The molecule has 0 spiro atoms. The Morgan fingerprint density at radius 2 is 1.96 bits per heavy atom. The van der Waals surface area contributed by atoms with Gasteiger partial charge in [-0.05, 0) is 56.4 Å². The number of rotatable bonds is 7. The zero-order chi connectivity index (χ0) is 18.7. The minimum absolute atomic E-state index is 0.0301. The molecule has 3 rings (SSSR count). The van der Waals surface area contributed by atoms with E-state index in [1.807, 2.05) is 4.90 Å². The minimum atomic E-state index is -3.74. The molecule has 0 unspecified atom stereocenters. The van der Waals surface area contributed by atoms with Crippen molar-refractivity contribution in [2.24, 2.45) is 5.92 Å². The summed E-state index contributed by atoms with van der Waals surface area (Å²) in [5.41, 5.74) is 0.278. The summed E-state index contributed by atoms with van der Waals surface area (Å²) < 4.78 is 46.1. The Morgan fingerprint density at radius 3 is 2.58 bits per heavy atom. The topological polar surface area (TPSA) is 75.7 Å². The lowest BCUT2D eigenvalue weighted by atomic mass is 10.1. The third-order valence-electron chi connectivity index (χ3n) is 4.93. The Bertz CT molecular complexity index is 758. The normalized spacial score (nSPS) is 18.7. The van der Waals surface area contributed by atoms with Crippen LogP contribution in [0, 0.1) is 18.7 Å². The van der Waals surface area contributed by atoms with Crippen LogP contribution in [-0.2, 0) is 19.6 Å². The Balaban J connectivity index is 1.62. The summed E-state index contributed by atoms with van der Waals surface area (Å²) in [6, 6.07) is 3.81. The standard InChI is InChI=1S/C18H25FN2O4S/c1-13-12-16(4-5-17(13)19)26(23,24)20-8-9-21(18(22)14-2-3-14)15-6-10-25-11-7-15/h4-5,12,14-15,20H,2-3,6-11H2,1H3. The molecule has 6 nitrogen and oxygen atoms in total. The van der Waals surface area contributed by atoms with Gasteiger partial charge in [-0.15, -0.1) is 0 Å². The van der Waals surface area contributed by atoms with Crippen LogP contribution in [-0.4, -0.2) is 51.6 Å². The van der Waals surface area contributed by atoms with Crippen LogP contribution in [0.1, 0.15) is 31.2 Å². The van der Waals surface area contributed by atoms with Gasteiger partial charge >= 0.3 is 0 Å². The van der Waals surface area contributed by atoms with Crippen molar-refractivity contribution in [2.75, 3.05) is 26.3 Å². The van der Waals surface area contributed by atoms with Gasteiger partial charge in [0, 0.05) is 38.3 Å². The Kier molecular flexibility index (Phi) is 5.94. The van der Waals surface area contributed by atoms with Gasteiger partial charge in [0.25, 0.3) is 0 Å². The van der Waals surface area contributed by atoms with Crippen LogP contribution in [0.5, 0.6) is 0 Å². The molecule has 0 aromatic heterocycles. The van der Waals surface area contributed by atoms with Crippen LogP contribution < -0.4 is 4.72 Å². The average molecular weight is 384 g/mol. The second-order valence-corrected chi connectivity index (χ2v) is 8.73. The third kappa shape index (κ3) is 4.61. The monoisotopic (exact) mass is 384 g/mol. The molecular weight excluding hydrogens is 359 g/mol. The Hall–Kier alpha value is -1.51. The molecule has 0 bridgehead atoms. The molecule has 1 saturated heterocycles. The number of carbonyl (C=O) groups is 1. The van der Waals surface area contributed by atoms with Crippen LogP contribution in [0.2, 0.25) is 0 Å². The lowest BCUT2D eigenvalue weighted by Crippen LogP contribution is -2.47. The molecule has 1 amide bonds. The van der Waals surface area contributed by atoms with E-state index in [1.54, 1.807) is 0 Å². The van der Waals surface area contributed by atoms with Crippen LogP contribution in [0.3, 0.4) is 0 Å².